The normalized spacial score (nSPS) is 57.7. The van der Waals surface area contributed by atoms with Crippen molar-refractivity contribution >= 4 is 0 Å². The quantitative estimate of drug-likeness (QED) is 0.695. The molecule has 4 aliphatic rings. The molecule has 7 atom stereocenters. The van der Waals surface area contributed by atoms with Crippen molar-refractivity contribution in [3.63, 3.8) is 0 Å². The van der Waals surface area contributed by atoms with Gasteiger partial charge in [0.15, 0.2) is 0 Å². The van der Waals surface area contributed by atoms with Crippen molar-refractivity contribution in [2.24, 2.45) is 34.0 Å². The van der Waals surface area contributed by atoms with Crippen LogP contribution in [0.4, 0.5) is 0 Å². The predicted molar refractivity (Wildman–Crippen MR) is 89.8 cm³/mol. The third kappa shape index (κ3) is 1.93. The molecule has 0 aromatic heterocycles. The zero-order valence-corrected chi connectivity index (χ0v) is 15.0. The van der Waals surface area contributed by atoms with Crippen LogP contribution < -0.4 is 0 Å². The molecule has 0 radical (unpaired) electrons. The van der Waals surface area contributed by atoms with Gasteiger partial charge in [0.1, 0.15) is 0 Å². The Hall–Kier alpha value is -0.120. The Bertz CT molecular complexity index is 503. The first-order valence-corrected chi connectivity index (χ1v) is 9.69. The molecule has 4 saturated carbocycles. The topological polar surface area (TPSA) is 60.7 Å². The van der Waals surface area contributed by atoms with E-state index in [0.29, 0.717) is 17.8 Å². The van der Waals surface area contributed by atoms with Gasteiger partial charge in [0.05, 0.1) is 18.3 Å². The molecule has 0 heterocycles. The fourth-order valence-electron chi connectivity index (χ4n) is 8.02. The van der Waals surface area contributed by atoms with Crippen molar-refractivity contribution in [3.8, 4) is 0 Å². The molecule has 0 aromatic rings. The molecular weight excluding hydrogens is 288 g/mol. The summed E-state index contributed by atoms with van der Waals surface area (Å²) in [7, 11) is 0. The van der Waals surface area contributed by atoms with Crippen LogP contribution in [0.2, 0.25) is 0 Å². The summed E-state index contributed by atoms with van der Waals surface area (Å²) in [4.78, 5) is 0. The maximum atomic E-state index is 10.9. The second kappa shape index (κ2) is 4.74. The molecule has 2 bridgehead atoms. The molecule has 1 spiro atoms. The highest BCUT2D eigenvalue weighted by Crippen LogP contribution is 2.72. The van der Waals surface area contributed by atoms with Crippen molar-refractivity contribution < 1.29 is 15.3 Å². The van der Waals surface area contributed by atoms with Crippen LogP contribution in [-0.4, -0.2) is 33.6 Å². The highest BCUT2D eigenvalue weighted by Gasteiger charge is 2.67. The third-order valence-corrected chi connectivity index (χ3v) is 9.12. The number of hydrogen-bond acceptors (Lipinski definition) is 3. The molecular formula is C20H34O3. The minimum absolute atomic E-state index is 0.00263. The van der Waals surface area contributed by atoms with E-state index in [1.807, 2.05) is 0 Å². The molecule has 0 aromatic carbocycles. The molecule has 0 amide bonds. The average molecular weight is 322 g/mol. The Balaban J connectivity index is 1.72. The van der Waals surface area contributed by atoms with Crippen LogP contribution in [0.15, 0.2) is 0 Å². The van der Waals surface area contributed by atoms with Gasteiger partial charge >= 0.3 is 0 Å². The molecule has 0 unspecified atom stereocenters. The standard InChI is InChI=1S/C20H34O3/c1-17(2)14-6-9-19-10-13(20(23,11-19)12-21)4-5-15(19)18(14,3)8-7-16(17)22/h13-16,21-23H,4-12H2,1-3H3/t13-,14-,15+,16+,18-,19+,20+/m1/s1. The van der Waals surface area contributed by atoms with E-state index in [1.54, 1.807) is 0 Å². The summed E-state index contributed by atoms with van der Waals surface area (Å²) in [6.45, 7) is 6.94. The molecule has 3 heteroatoms. The minimum Gasteiger partial charge on any atom is -0.393 e. The van der Waals surface area contributed by atoms with E-state index in [9.17, 15) is 15.3 Å². The van der Waals surface area contributed by atoms with Crippen LogP contribution >= 0.6 is 0 Å². The van der Waals surface area contributed by atoms with Crippen molar-refractivity contribution in [2.45, 2.75) is 83.8 Å². The number of aliphatic hydroxyl groups is 3. The van der Waals surface area contributed by atoms with E-state index in [1.165, 1.54) is 19.3 Å². The Morgan fingerprint density at radius 2 is 1.70 bits per heavy atom. The van der Waals surface area contributed by atoms with Gasteiger partial charge in [-0.3, -0.25) is 0 Å². The van der Waals surface area contributed by atoms with Crippen molar-refractivity contribution in [1.29, 1.82) is 0 Å². The Morgan fingerprint density at radius 1 is 0.957 bits per heavy atom. The summed E-state index contributed by atoms with van der Waals surface area (Å²) in [5.41, 5.74) is -0.310. The van der Waals surface area contributed by atoms with Crippen molar-refractivity contribution in [2.75, 3.05) is 6.61 Å². The fourth-order valence-corrected chi connectivity index (χ4v) is 8.02. The van der Waals surface area contributed by atoms with E-state index in [0.717, 1.165) is 32.1 Å². The van der Waals surface area contributed by atoms with Crippen molar-refractivity contribution in [1.82, 2.24) is 0 Å². The Morgan fingerprint density at radius 3 is 2.39 bits per heavy atom. The molecule has 132 valence electrons. The maximum absolute atomic E-state index is 10.9. The largest absolute Gasteiger partial charge is 0.393 e. The van der Waals surface area contributed by atoms with Crippen LogP contribution in [-0.2, 0) is 0 Å². The Labute approximate surface area is 140 Å². The van der Waals surface area contributed by atoms with Crippen LogP contribution in [0.25, 0.3) is 0 Å². The summed E-state index contributed by atoms with van der Waals surface area (Å²) >= 11 is 0. The van der Waals surface area contributed by atoms with Gasteiger partial charge < -0.3 is 15.3 Å². The second-order valence-corrected chi connectivity index (χ2v) is 10.3. The van der Waals surface area contributed by atoms with Gasteiger partial charge in [0.2, 0.25) is 0 Å². The molecule has 4 fully saturated rings. The fraction of sp³-hybridized carbons (Fsp3) is 1.00. The average Bonchev–Trinajstić information content (AvgIpc) is 2.70. The summed E-state index contributed by atoms with van der Waals surface area (Å²) in [6.07, 6.45) is 8.39. The van der Waals surface area contributed by atoms with Gasteiger partial charge in [0, 0.05) is 0 Å². The first-order chi connectivity index (χ1) is 10.7. The maximum Gasteiger partial charge on any atom is 0.0910 e. The summed E-state index contributed by atoms with van der Waals surface area (Å²) in [6, 6.07) is 0. The first kappa shape index (κ1) is 16.4. The smallest absolute Gasteiger partial charge is 0.0910 e. The van der Waals surface area contributed by atoms with E-state index in [4.69, 9.17) is 0 Å². The van der Waals surface area contributed by atoms with Gasteiger partial charge in [0.25, 0.3) is 0 Å². The summed E-state index contributed by atoms with van der Waals surface area (Å²) < 4.78 is 0. The highest BCUT2D eigenvalue weighted by molar-refractivity contribution is 5.17. The summed E-state index contributed by atoms with van der Waals surface area (Å²) in [5.74, 6) is 1.53. The zero-order valence-electron chi connectivity index (χ0n) is 15.0. The van der Waals surface area contributed by atoms with Gasteiger partial charge in [-0.2, -0.15) is 0 Å². The molecule has 3 nitrogen and oxygen atoms in total. The number of fused-ring (bicyclic) bond motifs is 3. The van der Waals surface area contributed by atoms with Gasteiger partial charge in [-0.25, -0.2) is 0 Å². The van der Waals surface area contributed by atoms with E-state index in [-0.39, 0.29) is 29.0 Å². The number of hydrogen-bond donors (Lipinski definition) is 3. The SMILES string of the molecule is CC1(C)[C@H]2CC[C@@]34C[C@@H](CC[C@H]3[C@]2(C)CC[C@@H]1O)[C@@](O)(CO)C4. The van der Waals surface area contributed by atoms with Crippen LogP contribution in [0.1, 0.15) is 72.1 Å². The molecule has 4 aliphatic carbocycles. The zero-order chi connectivity index (χ0) is 16.7. The van der Waals surface area contributed by atoms with Gasteiger partial charge in [-0.15, -0.1) is 0 Å². The lowest BCUT2D eigenvalue weighted by Gasteiger charge is -2.64. The van der Waals surface area contributed by atoms with Gasteiger partial charge in [-0.1, -0.05) is 20.8 Å². The molecule has 3 N–H and O–H groups in total. The highest BCUT2D eigenvalue weighted by atomic mass is 16.3. The molecule has 23 heavy (non-hydrogen) atoms. The van der Waals surface area contributed by atoms with Crippen LogP contribution in [0.3, 0.4) is 0 Å². The third-order valence-electron chi connectivity index (χ3n) is 9.12. The lowest BCUT2D eigenvalue weighted by Crippen LogP contribution is -2.59. The first-order valence-electron chi connectivity index (χ1n) is 9.69. The van der Waals surface area contributed by atoms with E-state index in [2.05, 4.69) is 20.8 Å². The number of aliphatic hydroxyl groups excluding tert-OH is 2. The number of rotatable bonds is 1. The monoisotopic (exact) mass is 322 g/mol. The predicted octanol–water partition coefficient (Wildman–Crippen LogP) is 3.11. The minimum atomic E-state index is -0.832. The van der Waals surface area contributed by atoms with Crippen LogP contribution in [0, 0.1) is 34.0 Å². The second-order valence-electron chi connectivity index (χ2n) is 10.3. The molecule has 0 saturated heterocycles. The molecule has 0 aliphatic heterocycles. The lowest BCUT2D eigenvalue weighted by atomic mass is 9.41. The summed E-state index contributed by atoms with van der Waals surface area (Å²) in [5, 5.41) is 31.3. The van der Waals surface area contributed by atoms with E-state index >= 15 is 0 Å². The lowest BCUT2D eigenvalue weighted by molar-refractivity contribution is -0.180. The molecule has 4 rings (SSSR count). The van der Waals surface area contributed by atoms with Crippen LogP contribution in [0.5, 0.6) is 0 Å². The Kier molecular flexibility index (Phi) is 3.37. The van der Waals surface area contributed by atoms with E-state index < -0.39 is 5.60 Å². The van der Waals surface area contributed by atoms with Crippen molar-refractivity contribution in [3.05, 3.63) is 0 Å². The van der Waals surface area contributed by atoms with Gasteiger partial charge in [-0.05, 0) is 85.4 Å².